The molecular weight excluding hydrogens is 683 g/mol. The quantitative estimate of drug-likeness (QED) is 0.140. The highest BCUT2D eigenvalue weighted by molar-refractivity contribution is 7.89. The first-order valence-electron chi connectivity index (χ1n) is 16.0. The first-order valence-corrected chi connectivity index (χ1v) is 17.5. The van der Waals surface area contributed by atoms with Gasteiger partial charge in [-0.2, -0.15) is 13.2 Å². The Morgan fingerprint density at radius 3 is 1.88 bits per heavy atom. The molecule has 0 saturated carbocycles. The van der Waals surface area contributed by atoms with Gasteiger partial charge < -0.3 is 14.5 Å². The van der Waals surface area contributed by atoms with Gasteiger partial charge in [-0.1, -0.05) is 84.0 Å². The fourth-order valence-electron chi connectivity index (χ4n) is 5.78. The molecule has 0 aliphatic carbocycles. The van der Waals surface area contributed by atoms with E-state index in [1.807, 2.05) is 54.6 Å². The molecule has 4 aromatic carbocycles. The van der Waals surface area contributed by atoms with Gasteiger partial charge in [-0.3, -0.25) is 9.59 Å². The van der Waals surface area contributed by atoms with Gasteiger partial charge in [0.2, 0.25) is 10.0 Å². The number of hydrogen-bond donors (Lipinski definition) is 2. The minimum atomic E-state index is -4.48. The first kappa shape index (κ1) is 37.2. The molecule has 0 aliphatic rings. The van der Waals surface area contributed by atoms with Crippen molar-refractivity contribution in [3.8, 4) is 22.3 Å². The summed E-state index contributed by atoms with van der Waals surface area (Å²) in [7, 11) is -4.11. The van der Waals surface area contributed by atoms with E-state index in [0.29, 0.717) is 16.7 Å². The van der Waals surface area contributed by atoms with E-state index in [2.05, 4.69) is 9.88 Å². The normalized spacial score (nSPS) is 13.1. The van der Waals surface area contributed by atoms with E-state index in [1.54, 1.807) is 12.1 Å². The fourth-order valence-corrected chi connectivity index (χ4v) is 7.13. The molecule has 9 nitrogen and oxygen atoms in total. The van der Waals surface area contributed by atoms with Crippen molar-refractivity contribution < 1.29 is 40.8 Å². The van der Waals surface area contributed by atoms with Gasteiger partial charge in [0.25, 0.3) is 5.91 Å². The fraction of sp³-hybridized carbons (Fsp3) is 0.237. The SMILES string of the molecule is Cc1noc(C)c1S(=O)(=O)NCCN(C(=O)c1ccc(-c2ccc(C(F)(F)F)cc2)cc1)[C@@H](Cc1ccc(-c2ccccc2)cc1)C(=O)C(C)O. The lowest BCUT2D eigenvalue weighted by molar-refractivity contribution is -0.137. The van der Waals surface area contributed by atoms with Crippen molar-refractivity contribution in [1.82, 2.24) is 14.8 Å². The van der Waals surface area contributed by atoms with E-state index in [4.69, 9.17) is 4.52 Å². The van der Waals surface area contributed by atoms with E-state index in [9.17, 15) is 36.3 Å². The Balaban J connectivity index is 1.45. The van der Waals surface area contributed by atoms with Crippen molar-refractivity contribution in [2.45, 2.75) is 50.4 Å². The van der Waals surface area contributed by atoms with Crippen molar-refractivity contribution in [2.24, 2.45) is 0 Å². The van der Waals surface area contributed by atoms with Gasteiger partial charge in [0.05, 0.1) is 11.6 Å². The van der Waals surface area contributed by atoms with Gasteiger partial charge >= 0.3 is 6.18 Å². The van der Waals surface area contributed by atoms with Crippen LogP contribution in [0.2, 0.25) is 0 Å². The lowest BCUT2D eigenvalue weighted by Gasteiger charge is -2.32. The topological polar surface area (TPSA) is 130 Å². The van der Waals surface area contributed by atoms with Crippen LogP contribution in [0.5, 0.6) is 0 Å². The van der Waals surface area contributed by atoms with Crippen molar-refractivity contribution in [3.05, 3.63) is 131 Å². The summed E-state index contributed by atoms with van der Waals surface area (Å²) in [6.07, 6.45) is -5.91. The molecule has 2 N–H and O–H groups in total. The average Bonchev–Trinajstić information content (AvgIpc) is 3.47. The number of alkyl halides is 3. The summed E-state index contributed by atoms with van der Waals surface area (Å²) in [5.41, 5.74) is 3.17. The molecule has 0 fully saturated rings. The molecule has 51 heavy (non-hydrogen) atoms. The van der Waals surface area contributed by atoms with Gasteiger partial charge in [-0.25, -0.2) is 13.1 Å². The maximum atomic E-state index is 14.2. The second-order valence-corrected chi connectivity index (χ2v) is 13.8. The summed E-state index contributed by atoms with van der Waals surface area (Å²) in [5, 5.41) is 14.1. The lowest BCUT2D eigenvalue weighted by Crippen LogP contribution is -2.51. The minimum Gasteiger partial charge on any atom is -0.386 e. The number of ketones is 1. The smallest absolute Gasteiger partial charge is 0.386 e. The third-order valence-electron chi connectivity index (χ3n) is 8.43. The maximum Gasteiger partial charge on any atom is 0.416 e. The lowest BCUT2D eigenvalue weighted by atomic mass is 9.95. The van der Waals surface area contributed by atoms with Crippen LogP contribution in [0.15, 0.2) is 113 Å². The number of rotatable bonds is 13. The molecule has 0 bridgehead atoms. The highest BCUT2D eigenvalue weighted by Crippen LogP contribution is 2.31. The molecule has 13 heteroatoms. The Morgan fingerprint density at radius 1 is 0.843 bits per heavy atom. The van der Waals surface area contributed by atoms with Crippen LogP contribution >= 0.6 is 0 Å². The van der Waals surface area contributed by atoms with Gasteiger partial charge in [0.15, 0.2) is 11.5 Å². The zero-order chi connectivity index (χ0) is 36.9. The number of hydrogen-bond acceptors (Lipinski definition) is 7. The Kier molecular flexibility index (Phi) is 11.2. The first-order chi connectivity index (χ1) is 24.2. The van der Waals surface area contributed by atoms with Gasteiger partial charge in [-0.05, 0) is 72.9 Å². The number of aromatic nitrogens is 1. The van der Waals surface area contributed by atoms with E-state index < -0.39 is 45.6 Å². The number of aliphatic hydroxyl groups is 1. The number of nitrogens with one attached hydrogen (secondary N) is 1. The number of sulfonamides is 1. The van der Waals surface area contributed by atoms with Crippen molar-refractivity contribution >= 4 is 21.7 Å². The highest BCUT2D eigenvalue weighted by atomic mass is 32.2. The molecule has 0 radical (unpaired) electrons. The van der Waals surface area contributed by atoms with Crippen LogP contribution in [0.1, 0.15) is 39.9 Å². The van der Waals surface area contributed by atoms with Crippen LogP contribution in [0.4, 0.5) is 13.2 Å². The summed E-state index contributed by atoms with van der Waals surface area (Å²) >= 11 is 0. The molecule has 1 aromatic heterocycles. The Bertz CT molecular complexity index is 2060. The molecule has 1 unspecified atom stereocenters. The van der Waals surface area contributed by atoms with Crippen molar-refractivity contribution in [1.29, 1.82) is 0 Å². The van der Waals surface area contributed by atoms with Gasteiger partial charge in [0, 0.05) is 25.1 Å². The number of benzene rings is 4. The number of carbonyl (C=O) groups is 2. The van der Waals surface area contributed by atoms with E-state index in [1.165, 1.54) is 49.9 Å². The summed E-state index contributed by atoms with van der Waals surface area (Å²) < 4.78 is 73.0. The number of Topliss-reactive ketones (excluding diaryl/α,β-unsaturated/α-hetero) is 1. The third kappa shape index (κ3) is 8.80. The van der Waals surface area contributed by atoms with Gasteiger partial charge in [-0.15, -0.1) is 0 Å². The van der Waals surface area contributed by atoms with Crippen LogP contribution < -0.4 is 4.72 Å². The molecule has 5 rings (SSSR count). The largest absolute Gasteiger partial charge is 0.416 e. The standard InChI is InChI=1S/C38H36F3N3O6S/c1-24-36(26(3)50-43-24)51(48,49)42-21-22-44(37(47)32-15-13-30(14-16-32)31-17-19-33(20-18-31)38(39,40)41)34(35(46)25(2)45)23-27-9-11-29(12-10-27)28-7-5-4-6-8-28/h4-20,25,34,42,45H,21-23H2,1-3H3/t25?,34-/m0/s1. The molecule has 266 valence electrons. The Labute approximate surface area is 293 Å². The summed E-state index contributed by atoms with van der Waals surface area (Å²) in [5.74, 6) is -1.18. The number of aliphatic hydroxyl groups excluding tert-OH is 1. The molecule has 0 aliphatic heterocycles. The number of nitrogens with zero attached hydrogens (tertiary/aromatic N) is 2. The molecule has 0 saturated heterocycles. The Hall–Kier alpha value is -5.11. The number of halogens is 3. The predicted octanol–water partition coefficient (Wildman–Crippen LogP) is 6.63. The highest BCUT2D eigenvalue weighted by Gasteiger charge is 2.34. The van der Waals surface area contributed by atoms with Crippen molar-refractivity contribution in [3.63, 3.8) is 0 Å². The third-order valence-corrected chi connectivity index (χ3v) is 10.1. The van der Waals surface area contributed by atoms with Crippen LogP contribution in [0.3, 0.4) is 0 Å². The maximum absolute atomic E-state index is 14.2. The van der Waals surface area contributed by atoms with Crippen LogP contribution in [-0.4, -0.2) is 60.5 Å². The molecule has 1 amide bonds. The Morgan fingerprint density at radius 2 is 1.37 bits per heavy atom. The van der Waals surface area contributed by atoms with Crippen LogP contribution in [-0.2, 0) is 27.4 Å². The number of amides is 1. The average molecular weight is 720 g/mol. The zero-order valence-electron chi connectivity index (χ0n) is 28.0. The predicted molar refractivity (Wildman–Crippen MR) is 185 cm³/mol. The van der Waals surface area contributed by atoms with Crippen LogP contribution in [0.25, 0.3) is 22.3 Å². The molecular formula is C38H36F3N3O6S. The van der Waals surface area contributed by atoms with E-state index in [0.717, 1.165) is 23.3 Å². The van der Waals surface area contributed by atoms with Gasteiger partial charge in [0.1, 0.15) is 16.7 Å². The summed E-state index contributed by atoms with van der Waals surface area (Å²) in [6, 6.07) is 26.6. The second-order valence-electron chi connectivity index (χ2n) is 12.1. The van der Waals surface area contributed by atoms with Crippen LogP contribution in [0, 0.1) is 13.8 Å². The molecule has 5 aromatic rings. The number of carbonyl (C=O) groups excluding carboxylic acids is 2. The van der Waals surface area contributed by atoms with E-state index >= 15 is 0 Å². The zero-order valence-corrected chi connectivity index (χ0v) is 28.8. The number of aryl methyl sites for hydroxylation is 2. The van der Waals surface area contributed by atoms with Crippen molar-refractivity contribution in [2.75, 3.05) is 13.1 Å². The monoisotopic (exact) mass is 719 g/mol. The summed E-state index contributed by atoms with van der Waals surface area (Å²) in [6.45, 7) is 3.69. The second kappa shape index (κ2) is 15.4. The summed E-state index contributed by atoms with van der Waals surface area (Å²) in [4.78, 5) is 28.9. The molecule has 0 spiro atoms. The molecule has 2 atom stereocenters. The van der Waals surface area contributed by atoms with E-state index in [-0.39, 0.29) is 41.4 Å². The molecule has 1 heterocycles. The minimum absolute atomic E-state index is 0.0186.